The zero-order valence-electron chi connectivity index (χ0n) is 6.98. The van der Waals surface area contributed by atoms with Gasteiger partial charge in [-0.15, -0.1) is 0 Å². The van der Waals surface area contributed by atoms with Gasteiger partial charge >= 0.3 is 0 Å². The molecule has 0 saturated carbocycles. The van der Waals surface area contributed by atoms with Crippen LogP contribution in [-0.4, -0.2) is 9.91 Å². The lowest BCUT2D eigenvalue weighted by atomic mass is 10.1. The Morgan fingerprint density at radius 1 is 1.43 bits per heavy atom. The average Bonchev–Trinajstić information content (AvgIpc) is 2.16. The van der Waals surface area contributed by atoms with E-state index in [9.17, 15) is 10.1 Å². The molecule has 0 fully saturated rings. The van der Waals surface area contributed by atoms with E-state index >= 15 is 0 Å². The predicted molar refractivity (Wildman–Crippen MR) is 53.4 cm³/mol. The molecule has 0 bridgehead atoms. The molecule has 1 aromatic carbocycles. The molecule has 0 N–H and O–H groups in total. The maximum absolute atomic E-state index is 10.7. The van der Waals surface area contributed by atoms with E-state index in [1.807, 2.05) is 0 Å². The standard InChI is InChI=1S/C9H5ClN2O2/c10-7-3-6-5-11-2-1-8(6)9(4-7)12(13)14/h1-5H. The first-order valence-electron chi connectivity index (χ1n) is 3.86. The minimum absolute atomic E-state index is 0.00917. The first-order valence-corrected chi connectivity index (χ1v) is 4.24. The first-order chi connectivity index (χ1) is 6.68. The Kier molecular flexibility index (Phi) is 2.05. The molecule has 2 aromatic rings. The van der Waals surface area contributed by atoms with Gasteiger partial charge < -0.3 is 0 Å². The van der Waals surface area contributed by atoms with Crippen molar-refractivity contribution >= 4 is 28.1 Å². The summed E-state index contributed by atoms with van der Waals surface area (Å²) in [6, 6.07) is 4.59. The third-order valence-electron chi connectivity index (χ3n) is 1.89. The van der Waals surface area contributed by atoms with Gasteiger partial charge in [-0.05, 0) is 12.1 Å². The highest BCUT2D eigenvalue weighted by Crippen LogP contribution is 2.28. The fourth-order valence-electron chi connectivity index (χ4n) is 1.30. The van der Waals surface area contributed by atoms with Crippen LogP contribution in [-0.2, 0) is 0 Å². The Morgan fingerprint density at radius 3 is 2.93 bits per heavy atom. The minimum Gasteiger partial charge on any atom is -0.264 e. The van der Waals surface area contributed by atoms with Crippen molar-refractivity contribution in [2.24, 2.45) is 0 Å². The summed E-state index contributed by atoms with van der Waals surface area (Å²) in [5, 5.41) is 12.3. The molecule has 5 heteroatoms. The molecule has 0 aliphatic carbocycles. The molecular weight excluding hydrogens is 204 g/mol. The van der Waals surface area contributed by atoms with Crippen molar-refractivity contribution in [1.82, 2.24) is 4.98 Å². The summed E-state index contributed by atoms with van der Waals surface area (Å²) < 4.78 is 0. The number of non-ortho nitro benzene ring substituents is 1. The predicted octanol–water partition coefficient (Wildman–Crippen LogP) is 2.80. The van der Waals surface area contributed by atoms with Crippen LogP contribution in [0.5, 0.6) is 0 Å². The van der Waals surface area contributed by atoms with Gasteiger partial charge in [0, 0.05) is 28.9 Å². The van der Waals surface area contributed by atoms with Crippen molar-refractivity contribution in [2.45, 2.75) is 0 Å². The summed E-state index contributed by atoms with van der Waals surface area (Å²) >= 11 is 5.74. The van der Waals surface area contributed by atoms with Crippen LogP contribution >= 0.6 is 11.6 Å². The molecule has 0 unspecified atom stereocenters. The fourth-order valence-corrected chi connectivity index (χ4v) is 1.53. The molecule has 0 amide bonds. The summed E-state index contributed by atoms with van der Waals surface area (Å²) in [4.78, 5) is 14.1. The van der Waals surface area contributed by atoms with Crippen molar-refractivity contribution in [1.29, 1.82) is 0 Å². The smallest absolute Gasteiger partial charge is 0.264 e. The number of pyridine rings is 1. The Hall–Kier alpha value is -1.68. The number of nitro benzene ring substituents is 1. The van der Waals surface area contributed by atoms with E-state index in [1.165, 1.54) is 12.3 Å². The van der Waals surface area contributed by atoms with Gasteiger partial charge in [0.25, 0.3) is 5.69 Å². The van der Waals surface area contributed by atoms with Crippen LogP contribution < -0.4 is 0 Å². The van der Waals surface area contributed by atoms with Crippen molar-refractivity contribution in [2.75, 3.05) is 0 Å². The second-order valence-electron chi connectivity index (χ2n) is 2.78. The SMILES string of the molecule is O=[N+]([O-])c1cc(Cl)cc2cnccc12. The number of halogens is 1. The highest BCUT2D eigenvalue weighted by atomic mass is 35.5. The molecule has 0 spiro atoms. The summed E-state index contributed by atoms with van der Waals surface area (Å²) in [7, 11) is 0. The lowest BCUT2D eigenvalue weighted by Gasteiger charge is -1.99. The van der Waals surface area contributed by atoms with E-state index in [0.29, 0.717) is 15.8 Å². The fraction of sp³-hybridized carbons (Fsp3) is 0. The number of benzene rings is 1. The van der Waals surface area contributed by atoms with Gasteiger partial charge in [0.2, 0.25) is 0 Å². The van der Waals surface area contributed by atoms with E-state index in [0.717, 1.165) is 0 Å². The monoisotopic (exact) mass is 208 g/mol. The Labute approximate surface area is 84.3 Å². The van der Waals surface area contributed by atoms with Crippen LogP contribution in [0.1, 0.15) is 0 Å². The molecule has 70 valence electrons. The van der Waals surface area contributed by atoms with Gasteiger partial charge in [-0.1, -0.05) is 11.6 Å². The zero-order chi connectivity index (χ0) is 10.1. The number of nitrogens with zero attached hydrogens (tertiary/aromatic N) is 2. The van der Waals surface area contributed by atoms with Gasteiger partial charge in [-0.3, -0.25) is 15.1 Å². The maximum atomic E-state index is 10.7. The van der Waals surface area contributed by atoms with E-state index in [-0.39, 0.29) is 5.69 Å². The van der Waals surface area contributed by atoms with Crippen LogP contribution in [0.3, 0.4) is 0 Å². The topological polar surface area (TPSA) is 56.0 Å². The van der Waals surface area contributed by atoms with Gasteiger partial charge in [-0.25, -0.2) is 0 Å². The van der Waals surface area contributed by atoms with Crippen molar-refractivity contribution in [3.8, 4) is 0 Å². The third-order valence-corrected chi connectivity index (χ3v) is 2.11. The molecule has 14 heavy (non-hydrogen) atoms. The Bertz CT molecular complexity index is 513. The molecule has 1 aromatic heterocycles. The molecule has 0 saturated heterocycles. The number of fused-ring (bicyclic) bond motifs is 1. The van der Waals surface area contributed by atoms with Crippen molar-refractivity contribution in [3.05, 3.63) is 45.7 Å². The number of hydrogen-bond acceptors (Lipinski definition) is 3. The quantitative estimate of drug-likeness (QED) is 0.535. The second-order valence-corrected chi connectivity index (χ2v) is 3.22. The van der Waals surface area contributed by atoms with Gasteiger partial charge in [0.05, 0.1) is 10.3 Å². The summed E-state index contributed by atoms with van der Waals surface area (Å²) in [5.74, 6) is 0. The van der Waals surface area contributed by atoms with Crippen LogP contribution in [0.4, 0.5) is 5.69 Å². The minimum atomic E-state index is -0.450. The van der Waals surface area contributed by atoms with Crippen molar-refractivity contribution < 1.29 is 4.92 Å². The molecule has 0 radical (unpaired) electrons. The molecule has 2 rings (SSSR count). The molecular formula is C9H5ClN2O2. The zero-order valence-corrected chi connectivity index (χ0v) is 7.73. The number of rotatable bonds is 1. The average molecular weight is 209 g/mol. The van der Waals surface area contributed by atoms with Crippen molar-refractivity contribution in [3.63, 3.8) is 0 Å². The second kappa shape index (κ2) is 3.23. The van der Waals surface area contributed by atoms with Crippen LogP contribution in [0.2, 0.25) is 5.02 Å². The highest BCUT2D eigenvalue weighted by Gasteiger charge is 2.12. The van der Waals surface area contributed by atoms with Gasteiger partial charge in [-0.2, -0.15) is 0 Å². The van der Waals surface area contributed by atoms with Crippen LogP contribution in [0, 0.1) is 10.1 Å². The van der Waals surface area contributed by atoms with Gasteiger partial charge in [0.15, 0.2) is 0 Å². The number of nitro groups is 1. The molecule has 4 nitrogen and oxygen atoms in total. The van der Waals surface area contributed by atoms with E-state index < -0.39 is 4.92 Å². The largest absolute Gasteiger partial charge is 0.278 e. The van der Waals surface area contributed by atoms with Gasteiger partial charge in [0.1, 0.15) is 0 Å². The normalized spacial score (nSPS) is 10.4. The molecule has 0 atom stereocenters. The molecule has 0 aliphatic rings. The van der Waals surface area contributed by atoms with E-state index in [4.69, 9.17) is 11.6 Å². The first kappa shape index (κ1) is 8.90. The van der Waals surface area contributed by atoms with E-state index in [1.54, 1.807) is 18.3 Å². The number of hydrogen-bond donors (Lipinski definition) is 0. The van der Waals surface area contributed by atoms with E-state index in [2.05, 4.69) is 4.98 Å². The van der Waals surface area contributed by atoms with Crippen LogP contribution in [0.25, 0.3) is 10.8 Å². The lowest BCUT2D eigenvalue weighted by Crippen LogP contribution is -1.89. The Balaban J connectivity index is 2.87. The highest BCUT2D eigenvalue weighted by molar-refractivity contribution is 6.31. The summed E-state index contributed by atoms with van der Waals surface area (Å²) in [5.41, 5.74) is 0.00917. The molecule has 0 aliphatic heterocycles. The third kappa shape index (κ3) is 1.40. The summed E-state index contributed by atoms with van der Waals surface area (Å²) in [6.45, 7) is 0. The lowest BCUT2D eigenvalue weighted by molar-refractivity contribution is -0.383. The maximum Gasteiger partial charge on any atom is 0.278 e. The Morgan fingerprint density at radius 2 is 2.21 bits per heavy atom. The van der Waals surface area contributed by atoms with Crippen LogP contribution in [0.15, 0.2) is 30.6 Å². The molecule has 1 heterocycles. The number of aromatic nitrogens is 1. The summed E-state index contributed by atoms with van der Waals surface area (Å²) in [6.07, 6.45) is 3.07.